The van der Waals surface area contributed by atoms with Crippen LogP contribution in [0.5, 0.6) is 0 Å². The van der Waals surface area contributed by atoms with Crippen LogP contribution >= 0.6 is 0 Å². The maximum atomic E-state index is 11.6. The minimum absolute atomic E-state index is 0.0999. The summed E-state index contributed by atoms with van der Waals surface area (Å²) >= 11 is 0. The molecule has 4 heteroatoms. The van der Waals surface area contributed by atoms with Crippen molar-refractivity contribution in [2.24, 2.45) is 0 Å². The number of amides is 1. The quantitative estimate of drug-likeness (QED) is 0.556. The number of aryl methyl sites for hydroxylation is 2. The molecule has 0 unspecified atom stereocenters. The maximum Gasteiger partial charge on any atom is 0.227 e. The molecular formula is C10H14N2O2. The Kier molecular flexibility index (Phi) is 3.06. The molecule has 0 radical (unpaired) electrons. The third-order valence-corrected chi connectivity index (χ3v) is 2.03. The fraction of sp³-hybridized carbons (Fsp3) is 0.400. The van der Waals surface area contributed by atoms with Crippen molar-refractivity contribution in [3.05, 3.63) is 23.0 Å². The molecule has 76 valence electrons. The highest BCUT2D eigenvalue weighted by molar-refractivity contribution is 6.07. The molecule has 4 nitrogen and oxygen atoms in total. The van der Waals surface area contributed by atoms with Gasteiger partial charge in [-0.25, -0.2) is 0 Å². The lowest BCUT2D eigenvalue weighted by molar-refractivity contribution is -0.119. The van der Waals surface area contributed by atoms with Crippen LogP contribution in [0.3, 0.4) is 0 Å². The molecule has 1 heterocycles. The van der Waals surface area contributed by atoms with E-state index in [1.807, 2.05) is 19.9 Å². The summed E-state index contributed by atoms with van der Waals surface area (Å²) in [4.78, 5) is 25.5. The van der Waals surface area contributed by atoms with E-state index in [0.29, 0.717) is 5.69 Å². The monoisotopic (exact) mass is 194 g/mol. The number of carbonyl (C=O) groups excluding carboxylic acids is 2. The Labute approximate surface area is 82.7 Å². The summed E-state index contributed by atoms with van der Waals surface area (Å²) in [7, 11) is 1.52. The number of carbonyl (C=O) groups is 2. The van der Waals surface area contributed by atoms with E-state index in [0.717, 1.165) is 11.3 Å². The zero-order valence-electron chi connectivity index (χ0n) is 8.60. The SMILES string of the molecule is CNC(=O)CC(=O)c1[nH]c(C)cc1C. The molecular weight excluding hydrogens is 180 g/mol. The van der Waals surface area contributed by atoms with Crippen LogP contribution in [0.15, 0.2) is 6.07 Å². The van der Waals surface area contributed by atoms with Gasteiger partial charge in [-0.2, -0.15) is 0 Å². The second-order valence-electron chi connectivity index (χ2n) is 3.28. The minimum Gasteiger partial charge on any atom is -0.359 e. The average molecular weight is 194 g/mol. The largest absolute Gasteiger partial charge is 0.359 e. The van der Waals surface area contributed by atoms with Crippen molar-refractivity contribution >= 4 is 11.7 Å². The van der Waals surface area contributed by atoms with Crippen molar-refractivity contribution < 1.29 is 9.59 Å². The summed E-state index contributed by atoms with van der Waals surface area (Å²) in [6.07, 6.45) is -0.0999. The van der Waals surface area contributed by atoms with Gasteiger partial charge in [-0.15, -0.1) is 0 Å². The van der Waals surface area contributed by atoms with E-state index in [-0.39, 0.29) is 18.1 Å². The van der Waals surface area contributed by atoms with Crippen molar-refractivity contribution in [3.8, 4) is 0 Å². The topological polar surface area (TPSA) is 62.0 Å². The van der Waals surface area contributed by atoms with Crippen LogP contribution in [0.4, 0.5) is 0 Å². The van der Waals surface area contributed by atoms with Crippen molar-refractivity contribution in [2.45, 2.75) is 20.3 Å². The molecule has 0 fully saturated rings. The van der Waals surface area contributed by atoms with Gasteiger partial charge in [-0.05, 0) is 25.5 Å². The van der Waals surface area contributed by atoms with Gasteiger partial charge in [0.2, 0.25) is 5.91 Å². The predicted octanol–water partition coefficient (Wildman–Crippen LogP) is 0.950. The number of rotatable bonds is 3. The van der Waals surface area contributed by atoms with Gasteiger partial charge in [0.1, 0.15) is 0 Å². The number of nitrogens with one attached hydrogen (secondary N) is 2. The van der Waals surface area contributed by atoms with Crippen LogP contribution in [0, 0.1) is 13.8 Å². The number of H-pyrrole nitrogens is 1. The Morgan fingerprint density at radius 1 is 1.43 bits per heavy atom. The first-order valence-electron chi connectivity index (χ1n) is 4.44. The van der Waals surface area contributed by atoms with E-state index in [1.54, 1.807) is 0 Å². The van der Waals surface area contributed by atoms with Crippen LogP contribution in [-0.4, -0.2) is 23.7 Å². The van der Waals surface area contributed by atoms with E-state index < -0.39 is 0 Å². The molecule has 0 atom stereocenters. The van der Waals surface area contributed by atoms with Crippen molar-refractivity contribution in [3.63, 3.8) is 0 Å². The second kappa shape index (κ2) is 4.09. The van der Waals surface area contributed by atoms with Gasteiger partial charge in [0.15, 0.2) is 5.78 Å². The number of ketones is 1. The Morgan fingerprint density at radius 2 is 2.07 bits per heavy atom. The highest BCUT2D eigenvalue weighted by Gasteiger charge is 2.14. The average Bonchev–Trinajstić information content (AvgIpc) is 2.45. The summed E-state index contributed by atoms with van der Waals surface area (Å²) in [6, 6.07) is 1.89. The van der Waals surface area contributed by atoms with Gasteiger partial charge in [-0.3, -0.25) is 9.59 Å². The Morgan fingerprint density at radius 3 is 2.50 bits per heavy atom. The van der Waals surface area contributed by atoms with E-state index in [2.05, 4.69) is 10.3 Å². The molecule has 0 bridgehead atoms. The normalized spacial score (nSPS) is 9.93. The molecule has 0 saturated heterocycles. The lowest BCUT2D eigenvalue weighted by atomic mass is 10.1. The third-order valence-electron chi connectivity index (χ3n) is 2.03. The van der Waals surface area contributed by atoms with Crippen molar-refractivity contribution in [1.82, 2.24) is 10.3 Å². The second-order valence-corrected chi connectivity index (χ2v) is 3.28. The maximum absolute atomic E-state index is 11.6. The summed E-state index contributed by atoms with van der Waals surface area (Å²) in [5, 5.41) is 2.42. The molecule has 1 rings (SSSR count). The minimum atomic E-state index is -0.262. The molecule has 0 saturated carbocycles. The summed E-state index contributed by atoms with van der Waals surface area (Å²) in [5.41, 5.74) is 2.35. The Bertz CT molecular complexity index is 366. The molecule has 0 aliphatic carbocycles. The Balaban J connectivity index is 2.79. The first-order chi connectivity index (χ1) is 6.54. The fourth-order valence-electron chi connectivity index (χ4n) is 1.34. The molecule has 14 heavy (non-hydrogen) atoms. The number of hydrogen-bond acceptors (Lipinski definition) is 2. The van der Waals surface area contributed by atoms with Gasteiger partial charge in [0.05, 0.1) is 12.1 Å². The highest BCUT2D eigenvalue weighted by atomic mass is 16.2. The smallest absolute Gasteiger partial charge is 0.227 e. The highest BCUT2D eigenvalue weighted by Crippen LogP contribution is 2.10. The Hall–Kier alpha value is -1.58. The van der Waals surface area contributed by atoms with Gasteiger partial charge in [0.25, 0.3) is 0 Å². The predicted molar refractivity (Wildman–Crippen MR) is 53.3 cm³/mol. The van der Waals surface area contributed by atoms with Gasteiger partial charge in [-0.1, -0.05) is 0 Å². The van der Waals surface area contributed by atoms with Crippen LogP contribution in [0.25, 0.3) is 0 Å². The van der Waals surface area contributed by atoms with E-state index >= 15 is 0 Å². The third kappa shape index (κ3) is 2.22. The van der Waals surface area contributed by atoms with E-state index in [9.17, 15) is 9.59 Å². The zero-order valence-corrected chi connectivity index (χ0v) is 8.60. The number of aromatic nitrogens is 1. The zero-order chi connectivity index (χ0) is 10.7. The lowest BCUT2D eigenvalue weighted by Crippen LogP contribution is -2.21. The molecule has 2 N–H and O–H groups in total. The fourth-order valence-corrected chi connectivity index (χ4v) is 1.34. The molecule has 1 aromatic heterocycles. The van der Waals surface area contributed by atoms with Gasteiger partial charge in [0, 0.05) is 12.7 Å². The number of Topliss-reactive ketones (excluding diaryl/α,β-unsaturated/α-hetero) is 1. The van der Waals surface area contributed by atoms with E-state index in [4.69, 9.17) is 0 Å². The molecule has 1 amide bonds. The summed E-state index contributed by atoms with van der Waals surface area (Å²) < 4.78 is 0. The summed E-state index contributed by atoms with van der Waals surface area (Å²) in [6.45, 7) is 3.73. The van der Waals surface area contributed by atoms with Crippen LogP contribution in [0.2, 0.25) is 0 Å². The van der Waals surface area contributed by atoms with E-state index in [1.165, 1.54) is 7.05 Å². The number of aromatic amines is 1. The molecule has 1 aromatic rings. The molecule has 0 spiro atoms. The first-order valence-corrected chi connectivity index (χ1v) is 4.44. The number of hydrogen-bond donors (Lipinski definition) is 2. The molecule has 0 aliphatic rings. The molecule has 0 aliphatic heterocycles. The van der Waals surface area contributed by atoms with Crippen molar-refractivity contribution in [2.75, 3.05) is 7.05 Å². The molecule has 0 aromatic carbocycles. The van der Waals surface area contributed by atoms with Crippen LogP contribution < -0.4 is 5.32 Å². The standard InChI is InChI=1S/C10H14N2O2/c1-6-4-7(2)12-10(6)8(13)5-9(14)11-3/h4,12H,5H2,1-3H3,(H,11,14). The van der Waals surface area contributed by atoms with Gasteiger partial charge < -0.3 is 10.3 Å². The lowest BCUT2D eigenvalue weighted by Gasteiger charge is -1.99. The van der Waals surface area contributed by atoms with Crippen LogP contribution in [0.1, 0.15) is 28.2 Å². The van der Waals surface area contributed by atoms with Crippen LogP contribution in [-0.2, 0) is 4.79 Å². The first kappa shape index (κ1) is 10.5. The van der Waals surface area contributed by atoms with Gasteiger partial charge >= 0.3 is 0 Å². The van der Waals surface area contributed by atoms with Crippen molar-refractivity contribution in [1.29, 1.82) is 0 Å². The summed E-state index contributed by atoms with van der Waals surface area (Å²) in [5.74, 6) is -0.434.